The summed E-state index contributed by atoms with van der Waals surface area (Å²) in [5.74, 6) is -0.462. The summed E-state index contributed by atoms with van der Waals surface area (Å²) in [7, 11) is 0. The number of ether oxygens (including phenoxy) is 1. The number of hydrogen-bond acceptors (Lipinski definition) is 1. The van der Waals surface area contributed by atoms with Crippen LogP contribution in [0.3, 0.4) is 0 Å². The van der Waals surface area contributed by atoms with Crippen molar-refractivity contribution in [1.82, 2.24) is 0 Å². The standard InChI is InChI=1S/C8H7F3O/c1-5-2-3-7(6(9)4-5)12-8(10)11/h2,4,6,8H,1H3. The lowest BCUT2D eigenvalue weighted by Gasteiger charge is -2.11. The topological polar surface area (TPSA) is 9.23 Å². The summed E-state index contributed by atoms with van der Waals surface area (Å²) < 4.78 is 39.9. The molecule has 1 unspecified atom stereocenters. The Kier molecular flexibility index (Phi) is 2.61. The van der Waals surface area contributed by atoms with Crippen LogP contribution in [0.15, 0.2) is 29.2 Å². The van der Waals surface area contributed by atoms with Crippen molar-refractivity contribution >= 4 is 0 Å². The first-order valence-electron chi connectivity index (χ1n) is 3.33. The first kappa shape index (κ1) is 8.94. The van der Waals surface area contributed by atoms with Gasteiger partial charge in [0.05, 0.1) is 0 Å². The van der Waals surface area contributed by atoms with E-state index in [1.165, 1.54) is 12.2 Å². The minimum absolute atomic E-state index is 0.462. The molecule has 0 aromatic carbocycles. The molecule has 1 atom stereocenters. The zero-order valence-electron chi connectivity index (χ0n) is 6.35. The molecule has 66 valence electrons. The van der Waals surface area contributed by atoms with E-state index < -0.39 is 18.5 Å². The van der Waals surface area contributed by atoms with Crippen LogP contribution >= 0.6 is 0 Å². The van der Waals surface area contributed by atoms with E-state index in [4.69, 9.17) is 0 Å². The highest BCUT2D eigenvalue weighted by Gasteiger charge is 2.17. The van der Waals surface area contributed by atoms with Gasteiger partial charge in [-0.25, -0.2) is 4.39 Å². The van der Waals surface area contributed by atoms with Gasteiger partial charge in [0.1, 0.15) is 0 Å². The number of halogens is 3. The molecule has 1 aliphatic rings. The number of alkyl halides is 3. The Morgan fingerprint density at radius 1 is 1.58 bits per heavy atom. The molecule has 1 nitrogen and oxygen atoms in total. The summed E-state index contributed by atoms with van der Waals surface area (Å²) in [6, 6.07) is 0. The second-order valence-electron chi connectivity index (χ2n) is 2.34. The van der Waals surface area contributed by atoms with Gasteiger partial charge in [0.2, 0.25) is 0 Å². The van der Waals surface area contributed by atoms with Gasteiger partial charge in [0.15, 0.2) is 11.9 Å². The third-order valence-electron chi connectivity index (χ3n) is 1.32. The van der Waals surface area contributed by atoms with Gasteiger partial charge in [-0.3, -0.25) is 0 Å². The lowest BCUT2D eigenvalue weighted by atomic mass is 10.1. The molecule has 0 heterocycles. The summed E-state index contributed by atoms with van der Waals surface area (Å²) in [6.07, 6.45) is 0.978. The summed E-state index contributed by atoms with van der Waals surface area (Å²) in [6.45, 7) is -1.34. The zero-order chi connectivity index (χ0) is 9.14. The Morgan fingerprint density at radius 2 is 2.25 bits per heavy atom. The van der Waals surface area contributed by atoms with Gasteiger partial charge >= 0.3 is 6.61 Å². The molecule has 0 fully saturated rings. The predicted molar refractivity (Wildman–Crippen MR) is 37.3 cm³/mol. The second-order valence-corrected chi connectivity index (χ2v) is 2.34. The summed E-state index contributed by atoms with van der Waals surface area (Å²) in [4.78, 5) is 0. The number of rotatable bonds is 2. The summed E-state index contributed by atoms with van der Waals surface area (Å²) in [5, 5.41) is 0. The van der Waals surface area contributed by atoms with Crippen LogP contribution in [0.5, 0.6) is 0 Å². The average Bonchev–Trinajstić information content (AvgIpc) is 1.94. The van der Waals surface area contributed by atoms with Gasteiger partial charge in [-0.05, 0) is 24.6 Å². The molecule has 0 spiro atoms. The number of allylic oxidation sites excluding steroid dienone is 2. The molecule has 0 aromatic heterocycles. The van der Waals surface area contributed by atoms with Gasteiger partial charge in [0.25, 0.3) is 0 Å². The summed E-state index contributed by atoms with van der Waals surface area (Å²) >= 11 is 0. The minimum atomic E-state index is -2.99. The van der Waals surface area contributed by atoms with Crippen molar-refractivity contribution in [2.45, 2.75) is 19.7 Å². The van der Waals surface area contributed by atoms with E-state index in [0.29, 0.717) is 5.57 Å². The van der Waals surface area contributed by atoms with Gasteiger partial charge in [-0.1, -0.05) is 5.73 Å². The summed E-state index contributed by atoms with van der Waals surface area (Å²) in [5.41, 5.74) is 2.94. The van der Waals surface area contributed by atoms with Crippen molar-refractivity contribution in [1.29, 1.82) is 0 Å². The molecule has 0 radical (unpaired) electrons. The van der Waals surface area contributed by atoms with Crippen molar-refractivity contribution < 1.29 is 17.9 Å². The van der Waals surface area contributed by atoms with Gasteiger partial charge in [-0.15, -0.1) is 0 Å². The smallest absolute Gasteiger partial charge is 0.387 e. The van der Waals surface area contributed by atoms with E-state index in [-0.39, 0.29) is 0 Å². The van der Waals surface area contributed by atoms with E-state index in [9.17, 15) is 13.2 Å². The molecule has 1 rings (SSSR count). The molecular formula is C8H7F3O. The fourth-order valence-electron chi connectivity index (χ4n) is 0.814. The Bertz CT molecular complexity index is 261. The maximum atomic E-state index is 12.8. The van der Waals surface area contributed by atoms with Crippen LogP contribution in [0.4, 0.5) is 13.2 Å². The van der Waals surface area contributed by atoms with E-state index in [1.54, 1.807) is 6.92 Å². The molecule has 0 N–H and O–H groups in total. The Labute approximate surface area is 67.8 Å². The van der Waals surface area contributed by atoms with Crippen LogP contribution in [0.1, 0.15) is 6.92 Å². The van der Waals surface area contributed by atoms with Gasteiger partial charge in [-0.2, -0.15) is 8.78 Å². The van der Waals surface area contributed by atoms with Crippen LogP contribution in [0, 0.1) is 0 Å². The molecule has 0 amide bonds. The fraction of sp³-hybridized carbons (Fsp3) is 0.375. The van der Waals surface area contributed by atoms with E-state index >= 15 is 0 Å². The first-order valence-corrected chi connectivity index (χ1v) is 3.33. The highest BCUT2D eigenvalue weighted by atomic mass is 19.3. The highest BCUT2D eigenvalue weighted by molar-refractivity contribution is 5.27. The predicted octanol–water partition coefficient (Wildman–Crippen LogP) is 2.56. The molecule has 0 bridgehead atoms. The largest absolute Gasteiger partial charge is 0.427 e. The lowest BCUT2D eigenvalue weighted by Crippen LogP contribution is -2.10. The molecule has 0 saturated heterocycles. The van der Waals surface area contributed by atoms with Gasteiger partial charge in [0, 0.05) is 0 Å². The van der Waals surface area contributed by atoms with Crippen molar-refractivity contribution in [2.75, 3.05) is 0 Å². The van der Waals surface area contributed by atoms with Crippen LogP contribution < -0.4 is 0 Å². The molecule has 4 heteroatoms. The SMILES string of the molecule is CC1=CC(F)C(OC(F)F)=C=C1. The molecule has 1 aliphatic carbocycles. The Morgan fingerprint density at radius 3 is 2.75 bits per heavy atom. The molecule has 12 heavy (non-hydrogen) atoms. The van der Waals surface area contributed by atoms with Crippen molar-refractivity contribution in [3.63, 3.8) is 0 Å². The van der Waals surface area contributed by atoms with E-state index in [0.717, 1.165) is 0 Å². The van der Waals surface area contributed by atoms with Crippen LogP contribution in [0.25, 0.3) is 0 Å². The number of hydrogen-bond donors (Lipinski definition) is 0. The van der Waals surface area contributed by atoms with Crippen molar-refractivity contribution in [3.8, 4) is 0 Å². The lowest BCUT2D eigenvalue weighted by molar-refractivity contribution is -0.103. The third-order valence-corrected chi connectivity index (χ3v) is 1.32. The highest BCUT2D eigenvalue weighted by Crippen LogP contribution is 2.18. The third kappa shape index (κ3) is 2.17. The fourth-order valence-corrected chi connectivity index (χ4v) is 0.814. The zero-order valence-corrected chi connectivity index (χ0v) is 6.35. The van der Waals surface area contributed by atoms with Crippen molar-refractivity contribution in [2.24, 2.45) is 0 Å². The van der Waals surface area contributed by atoms with E-state index in [1.807, 2.05) is 0 Å². The van der Waals surface area contributed by atoms with E-state index in [2.05, 4.69) is 10.5 Å². The molecule has 0 saturated carbocycles. The monoisotopic (exact) mass is 176 g/mol. The van der Waals surface area contributed by atoms with Crippen LogP contribution in [-0.2, 0) is 4.74 Å². The maximum absolute atomic E-state index is 12.8. The quantitative estimate of drug-likeness (QED) is 0.587. The Hall–Kier alpha value is -1.15. The maximum Gasteiger partial charge on any atom is 0.387 e. The molecule has 0 aliphatic heterocycles. The van der Waals surface area contributed by atoms with Crippen molar-refractivity contribution in [3.05, 3.63) is 29.2 Å². The second kappa shape index (κ2) is 3.50. The molecular weight excluding hydrogens is 169 g/mol. The van der Waals surface area contributed by atoms with Crippen LogP contribution in [-0.4, -0.2) is 12.8 Å². The first-order chi connectivity index (χ1) is 5.59. The van der Waals surface area contributed by atoms with Gasteiger partial charge < -0.3 is 4.74 Å². The van der Waals surface area contributed by atoms with Crippen LogP contribution in [0.2, 0.25) is 0 Å². The average molecular weight is 176 g/mol. The molecule has 0 aromatic rings. The normalized spacial score (nSPS) is 22.2. The minimum Gasteiger partial charge on any atom is -0.427 e. The Balaban J connectivity index is 2.74.